The summed E-state index contributed by atoms with van der Waals surface area (Å²) in [5.74, 6) is 5.31. The highest BCUT2D eigenvalue weighted by Gasteiger charge is 2.46. The molecule has 0 unspecified atom stereocenters. The van der Waals surface area contributed by atoms with Gasteiger partial charge in [-0.1, -0.05) is 81.1 Å². The van der Waals surface area contributed by atoms with Crippen molar-refractivity contribution in [2.75, 3.05) is 20.3 Å². The van der Waals surface area contributed by atoms with Crippen LogP contribution in [-0.2, 0) is 4.74 Å². The maximum atomic E-state index is 5.29. The molecule has 0 bridgehead atoms. The van der Waals surface area contributed by atoms with Crippen LogP contribution in [0.25, 0.3) is 0 Å². The van der Waals surface area contributed by atoms with Gasteiger partial charge in [-0.05, 0) is 162 Å². The fourth-order valence-electron chi connectivity index (χ4n) is 12.8. The molecule has 2 aliphatic carbocycles. The third-order valence-electron chi connectivity index (χ3n) is 15.2. The topological polar surface area (TPSA) is 22.2 Å². The summed E-state index contributed by atoms with van der Waals surface area (Å²) in [4.78, 5) is 11.0. The molecular weight excluding hydrogens is 673 g/mol. The Kier molecular flexibility index (Phi) is 21.1. The quantitative estimate of drug-likeness (QED) is 0.220. The van der Waals surface area contributed by atoms with Crippen molar-refractivity contribution in [1.29, 1.82) is 0 Å². The summed E-state index contributed by atoms with van der Waals surface area (Å²) in [5.41, 5.74) is 0. The predicted molar refractivity (Wildman–Crippen MR) is 242 cm³/mol. The molecule has 6 aliphatic rings. The van der Waals surface area contributed by atoms with Crippen molar-refractivity contribution in [2.45, 2.75) is 267 Å². The van der Waals surface area contributed by atoms with E-state index in [1.165, 1.54) is 96.4 Å². The number of hydrogen-bond donors (Lipinski definition) is 0. The number of rotatable bonds is 10. The summed E-state index contributed by atoms with van der Waals surface area (Å²) in [6, 6.07) is 8.70. The van der Waals surface area contributed by atoms with Gasteiger partial charge in [-0.2, -0.15) is 0 Å². The lowest BCUT2D eigenvalue weighted by molar-refractivity contribution is 0.0622. The lowest BCUT2D eigenvalue weighted by Crippen LogP contribution is -2.46. The van der Waals surface area contributed by atoms with Crippen LogP contribution in [-0.4, -0.2) is 106 Å². The number of hydrogen-bond acceptors (Lipinski definition) is 5. The summed E-state index contributed by atoms with van der Waals surface area (Å²) in [5, 5.41) is 0. The third-order valence-corrected chi connectivity index (χ3v) is 15.2. The molecule has 0 N–H and O–H groups in total. The van der Waals surface area contributed by atoms with Crippen molar-refractivity contribution in [2.24, 2.45) is 35.5 Å². The number of likely N-dealkylation sites (tertiary alicyclic amines) is 4. The Labute approximate surface area is 346 Å². The average molecular weight is 773 g/mol. The maximum absolute atomic E-state index is 5.29. The van der Waals surface area contributed by atoms with E-state index in [2.05, 4.69) is 130 Å². The van der Waals surface area contributed by atoms with Crippen LogP contribution in [0.15, 0.2) is 0 Å². The minimum absolute atomic E-state index is 0.644. The molecule has 6 fully saturated rings. The van der Waals surface area contributed by atoms with Gasteiger partial charge in [-0.15, -0.1) is 0 Å². The van der Waals surface area contributed by atoms with Gasteiger partial charge in [-0.3, -0.25) is 19.6 Å². The van der Waals surface area contributed by atoms with Gasteiger partial charge in [0.15, 0.2) is 0 Å². The second-order valence-corrected chi connectivity index (χ2v) is 21.7. The predicted octanol–water partition coefficient (Wildman–Crippen LogP) is 12.4. The molecule has 9 atom stereocenters. The first-order valence-corrected chi connectivity index (χ1v) is 24.5. The molecule has 0 aromatic heterocycles. The molecule has 0 aromatic rings. The Balaban J connectivity index is 0.000000198. The molecule has 5 heteroatoms. The van der Waals surface area contributed by atoms with Crippen molar-refractivity contribution < 1.29 is 4.74 Å². The summed E-state index contributed by atoms with van der Waals surface area (Å²) >= 11 is 0. The molecule has 4 saturated heterocycles. The van der Waals surface area contributed by atoms with E-state index in [-0.39, 0.29) is 0 Å². The number of piperidine rings is 1. The molecule has 4 heterocycles. The van der Waals surface area contributed by atoms with Crippen LogP contribution in [0.3, 0.4) is 0 Å². The van der Waals surface area contributed by atoms with Crippen molar-refractivity contribution in [3.63, 3.8) is 0 Å². The van der Waals surface area contributed by atoms with Crippen LogP contribution < -0.4 is 0 Å². The lowest BCUT2D eigenvalue weighted by Gasteiger charge is -2.40. The smallest absolute Gasteiger partial charge is 0.0618 e. The van der Waals surface area contributed by atoms with Crippen LogP contribution in [0.4, 0.5) is 0 Å². The van der Waals surface area contributed by atoms with Gasteiger partial charge in [0.2, 0.25) is 0 Å². The normalized spacial score (nSPS) is 33.4. The Hall–Kier alpha value is -0.200. The molecule has 5 nitrogen and oxygen atoms in total. The van der Waals surface area contributed by atoms with Crippen LogP contribution in [0.2, 0.25) is 0 Å². The van der Waals surface area contributed by atoms with Crippen molar-refractivity contribution in [1.82, 2.24) is 19.6 Å². The van der Waals surface area contributed by atoms with Crippen molar-refractivity contribution in [3.8, 4) is 0 Å². The highest BCUT2D eigenvalue weighted by Crippen LogP contribution is 2.45. The summed E-state index contributed by atoms with van der Waals surface area (Å²) in [7, 11) is 1.81. The monoisotopic (exact) mass is 773 g/mol. The fraction of sp³-hybridized carbons (Fsp3) is 1.00. The number of ether oxygens (including phenoxy) is 1. The van der Waals surface area contributed by atoms with E-state index in [0.717, 1.165) is 96.5 Å². The Morgan fingerprint density at radius 3 is 1.27 bits per heavy atom. The second-order valence-electron chi connectivity index (χ2n) is 21.7. The van der Waals surface area contributed by atoms with E-state index in [1.807, 2.05) is 0 Å². The molecule has 0 aromatic carbocycles. The Morgan fingerprint density at radius 1 is 0.418 bits per heavy atom. The van der Waals surface area contributed by atoms with E-state index in [9.17, 15) is 0 Å². The average Bonchev–Trinajstić information content (AvgIpc) is 3.91. The van der Waals surface area contributed by atoms with Gasteiger partial charge < -0.3 is 4.74 Å². The van der Waals surface area contributed by atoms with Crippen LogP contribution in [0, 0.1) is 35.5 Å². The van der Waals surface area contributed by atoms with Crippen molar-refractivity contribution >= 4 is 0 Å². The highest BCUT2D eigenvalue weighted by molar-refractivity contribution is 5.00. The summed E-state index contributed by atoms with van der Waals surface area (Å²) in [6.45, 7) is 39.9. The first-order valence-electron chi connectivity index (χ1n) is 24.5. The van der Waals surface area contributed by atoms with Gasteiger partial charge in [-0.25, -0.2) is 0 Å². The largest absolute Gasteiger partial charge is 0.383 e. The Bertz CT molecular complexity index is 1010. The summed E-state index contributed by atoms with van der Waals surface area (Å²) < 4.78 is 5.29. The number of fused-ring (bicyclic) bond motifs is 2. The summed E-state index contributed by atoms with van der Waals surface area (Å²) in [6.07, 6.45) is 20.2. The van der Waals surface area contributed by atoms with Gasteiger partial charge in [0.1, 0.15) is 0 Å². The van der Waals surface area contributed by atoms with E-state index in [1.54, 1.807) is 7.11 Å². The fourth-order valence-corrected chi connectivity index (χ4v) is 12.8. The van der Waals surface area contributed by atoms with E-state index in [0.29, 0.717) is 12.1 Å². The lowest BCUT2D eigenvalue weighted by atomic mass is 9.84. The van der Waals surface area contributed by atoms with E-state index < -0.39 is 0 Å². The zero-order valence-electron chi connectivity index (χ0n) is 40.3. The molecular formula is C50H100N4O. The van der Waals surface area contributed by atoms with Gasteiger partial charge >= 0.3 is 0 Å². The minimum atomic E-state index is 0.644. The van der Waals surface area contributed by atoms with Crippen LogP contribution >= 0.6 is 0 Å². The molecule has 55 heavy (non-hydrogen) atoms. The molecule has 2 saturated carbocycles. The molecule has 0 amide bonds. The number of methoxy groups -OCH3 is 1. The van der Waals surface area contributed by atoms with Crippen molar-refractivity contribution in [3.05, 3.63) is 0 Å². The molecule has 6 rings (SSSR count). The molecule has 4 aliphatic heterocycles. The van der Waals surface area contributed by atoms with Crippen LogP contribution in [0.1, 0.15) is 201 Å². The van der Waals surface area contributed by atoms with E-state index >= 15 is 0 Å². The third kappa shape index (κ3) is 13.4. The first kappa shape index (κ1) is 49.2. The zero-order valence-corrected chi connectivity index (χ0v) is 40.3. The SMILES string of the molecule is CC(C)[C@@H]1CCCCN1C(C)C.CC(C)[C@@H]1C[C@@H]2CCCC[C@@H]2N1C(C)C.CC(C)[C@@H]1C[C@@H]2CCC[C@@H]2N1C(C)C.COC[C@H]1CC[C@@H](C(C)C)N1C(C)C. The number of nitrogens with zero attached hydrogens (tertiary/aromatic N) is 4. The van der Waals surface area contributed by atoms with Crippen LogP contribution in [0.5, 0.6) is 0 Å². The van der Waals surface area contributed by atoms with E-state index in [4.69, 9.17) is 4.74 Å². The molecule has 326 valence electrons. The standard InChI is InChI=1S/C14H27N.C13H25N.C12H25NO.C11H23N/c1-10(2)14-9-12-7-5-6-8-13(12)15(14)11(3)4;1-9(2)13-8-11-6-5-7-12(11)14(13)10(3)4;1-9(2)12-7-6-11(8-14-5)13(12)10(3)4;1-9(2)11-7-5-6-8-12(11)10(3)4/h10-14H,5-9H2,1-4H3;9-13H,5-8H2,1-4H3;9-12H,6-8H2,1-5H3;9-11H,5-8H2,1-4H3/t12-,13-,14-;11-,12-,13-;11-,12+;11-/m0010/s1. The van der Waals surface area contributed by atoms with Gasteiger partial charge in [0, 0.05) is 73.6 Å². The Morgan fingerprint density at radius 2 is 0.855 bits per heavy atom. The first-order chi connectivity index (χ1) is 25.9. The van der Waals surface area contributed by atoms with Gasteiger partial charge in [0.05, 0.1) is 6.61 Å². The zero-order chi connectivity index (χ0) is 41.1. The maximum Gasteiger partial charge on any atom is 0.0618 e. The second kappa shape index (κ2) is 23.6. The highest BCUT2D eigenvalue weighted by atomic mass is 16.5. The minimum Gasteiger partial charge on any atom is -0.383 e. The molecule has 0 spiro atoms. The molecule has 0 radical (unpaired) electrons. The van der Waals surface area contributed by atoms with Gasteiger partial charge in [0.25, 0.3) is 0 Å².